The van der Waals surface area contributed by atoms with Gasteiger partial charge in [0.2, 0.25) is 0 Å². The minimum atomic E-state index is 0.00879. The van der Waals surface area contributed by atoms with Gasteiger partial charge in [0.25, 0.3) is 0 Å². The molecular weight excluding hydrogens is 310 g/mol. The summed E-state index contributed by atoms with van der Waals surface area (Å²) in [6.07, 6.45) is 0. The molecule has 0 aliphatic carbocycles. The average molecular weight is 333 g/mol. The molecule has 124 valence electrons. The molecule has 0 atom stereocenters. The minimum Gasteiger partial charge on any atom is -0.395 e. The normalized spacial score (nSPS) is 16.8. The van der Waals surface area contributed by atoms with Gasteiger partial charge in [-0.1, -0.05) is 41.2 Å². The summed E-state index contributed by atoms with van der Waals surface area (Å²) < 4.78 is 0. The Bertz CT molecular complexity index is 685. The van der Waals surface area contributed by atoms with E-state index >= 15 is 0 Å². The van der Waals surface area contributed by atoms with E-state index in [-0.39, 0.29) is 11.5 Å². The Morgan fingerprint density at radius 1 is 1.13 bits per heavy atom. The number of hydrogen-bond donors (Lipinski definition) is 2. The number of β-amino-alcohol motifs (C(OH)–C–C–N with tert-alkyl or cyclic N) is 1. The van der Waals surface area contributed by atoms with Crippen molar-refractivity contribution in [2.45, 2.75) is 13.5 Å². The fourth-order valence-electron chi connectivity index (χ4n) is 2.94. The molecule has 1 aromatic heterocycles. The number of nitrogens with zero attached hydrogens (tertiary/aromatic N) is 2. The largest absolute Gasteiger partial charge is 0.395 e. The van der Waals surface area contributed by atoms with Gasteiger partial charge in [-0.3, -0.25) is 14.6 Å². The van der Waals surface area contributed by atoms with Gasteiger partial charge in [-0.25, -0.2) is 0 Å². The summed E-state index contributed by atoms with van der Waals surface area (Å²) in [4.78, 5) is 20.6. The van der Waals surface area contributed by atoms with Crippen LogP contribution >= 0.6 is 11.3 Å². The van der Waals surface area contributed by atoms with Gasteiger partial charge in [0.1, 0.15) is 0 Å². The molecule has 1 fully saturated rings. The maximum Gasteiger partial charge on any atom is 0.305 e. The molecule has 0 saturated carbocycles. The highest BCUT2D eigenvalue weighted by Crippen LogP contribution is 2.25. The van der Waals surface area contributed by atoms with E-state index in [1.54, 1.807) is 0 Å². The first-order chi connectivity index (χ1) is 11.2. The van der Waals surface area contributed by atoms with Gasteiger partial charge in [-0.05, 0) is 12.5 Å². The summed E-state index contributed by atoms with van der Waals surface area (Å²) in [7, 11) is 0. The SMILES string of the molecule is Cc1ccc(-c2[nH]c(=O)sc2CN2CCN(CCO)CC2)cc1. The molecule has 1 aliphatic heterocycles. The Labute approximate surface area is 140 Å². The van der Waals surface area contributed by atoms with E-state index in [9.17, 15) is 4.79 Å². The number of aromatic amines is 1. The summed E-state index contributed by atoms with van der Waals surface area (Å²) in [5.74, 6) is 0. The third-order valence-corrected chi connectivity index (χ3v) is 5.18. The van der Waals surface area contributed by atoms with Crippen LogP contribution in [0.15, 0.2) is 29.1 Å². The Morgan fingerprint density at radius 2 is 1.78 bits per heavy atom. The molecule has 23 heavy (non-hydrogen) atoms. The van der Waals surface area contributed by atoms with Crippen molar-refractivity contribution >= 4 is 11.3 Å². The topological polar surface area (TPSA) is 59.6 Å². The maximum atomic E-state index is 11.8. The molecule has 0 unspecified atom stereocenters. The van der Waals surface area contributed by atoms with Crippen LogP contribution in [0.25, 0.3) is 11.3 Å². The molecule has 5 nitrogen and oxygen atoms in total. The molecule has 1 saturated heterocycles. The minimum absolute atomic E-state index is 0.00879. The Kier molecular flexibility index (Phi) is 5.27. The van der Waals surface area contributed by atoms with Gasteiger partial charge in [0.05, 0.1) is 12.3 Å². The zero-order valence-corrected chi connectivity index (χ0v) is 14.2. The highest BCUT2D eigenvalue weighted by Gasteiger charge is 2.19. The van der Waals surface area contributed by atoms with Crippen LogP contribution in [0.3, 0.4) is 0 Å². The van der Waals surface area contributed by atoms with Crippen molar-refractivity contribution in [1.82, 2.24) is 14.8 Å². The van der Waals surface area contributed by atoms with Crippen LogP contribution in [0, 0.1) is 6.92 Å². The van der Waals surface area contributed by atoms with E-state index in [1.165, 1.54) is 16.9 Å². The van der Waals surface area contributed by atoms with Crippen LogP contribution in [0.2, 0.25) is 0 Å². The van der Waals surface area contributed by atoms with E-state index in [4.69, 9.17) is 5.11 Å². The Morgan fingerprint density at radius 3 is 2.43 bits per heavy atom. The first kappa shape index (κ1) is 16.4. The van der Waals surface area contributed by atoms with Gasteiger partial charge in [-0.15, -0.1) is 0 Å². The van der Waals surface area contributed by atoms with Crippen LogP contribution in [-0.4, -0.2) is 59.2 Å². The van der Waals surface area contributed by atoms with Gasteiger partial charge >= 0.3 is 4.87 Å². The van der Waals surface area contributed by atoms with Gasteiger partial charge < -0.3 is 10.1 Å². The zero-order chi connectivity index (χ0) is 16.2. The monoisotopic (exact) mass is 333 g/mol. The third kappa shape index (κ3) is 4.09. The van der Waals surface area contributed by atoms with Gasteiger partial charge in [0, 0.05) is 44.1 Å². The predicted octanol–water partition coefficient (Wildman–Crippen LogP) is 1.52. The molecule has 0 amide bonds. The molecule has 2 heterocycles. The number of H-pyrrole nitrogens is 1. The highest BCUT2D eigenvalue weighted by molar-refractivity contribution is 7.09. The lowest BCUT2D eigenvalue weighted by Gasteiger charge is -2.34. The number of piperazine rings is 1. The Balaban J connectivity index is 1.72. The molecule has 1 aromatic carbocycles. The van der Waals surface area contributed by atoms with Crippen molar-refractivity contribution in [3.63, 3.8) is 0 Å². The first-order valence-electron chi connectivity index (χ1n) is 8.00. The molecular formula is C17H23N3O2S. The molecule has 0 spiro atoms. The van der Waals surface area contributed by atoms with E-state index in [1.807, 2.05) is 0 Å². The van der Waals surface area contributed by atoms with Crippen LogP contribution in [0.1, 0.15) is 10.4 Å². The van der Waals surface area contributed by atoms with E-state index in [0.29, 0.717) is 0 Å². The summed E-state index contributed by atoms with van der Waals surface area (Å²) in [6, 6.07) is 8.28. The van der Waals surface area contributed by atoms with Gasteiger partial charge in [0.15, 0.2) is 0 Å². The summed E-state index contributed by atoms with van der Waals surface area (Å²) in [5, 5.41) is 9.01. The van der Waals surface area contributed by atoms with Gasteiger partial charge in [-0.2, -0.15) is 0 Å². The number of hydrogen-bond acceptors (Lipinski definition) is 5. The van der Waals surface area contributed by atoms with Crippen molar-refractivity contribution < 1.29 is 5.11 Å². The summed E-state index contributed by atoms with van der Waals surface area (Å²) >= 11 is 1.31. The zero-order valence-electron chi connectivity index (χ0n) is 13.4. The van der Waals surface area contributed by atoms with Crippen LogP contribution < -0.4 is 4.87 Å². The van der Waals surface area contributed by atoms with E-state index in [2.05, 4.69) is 46.0 Å². The lowest BCUT2D eigenvalue weighted by molar-refractivity contribution is 0.109. The fraction of sp³-hybridized carbons (Fsp3) is 0.471. The lowest BCUT2D eigenvalue weighted by Crippen LogP contribution is -2.46. The second kappa shape index (κ2) is 7.40. The highest BCUT2D eigenvalue weighted by atomic mass is 32.1. The first-order valence-corrected chi connectivity index (χ1v) is 8.82. The number of aliphatic hydroxyl groups excluding tert-OH is 1. The number of thiazole rings is 1. The average Bonchev–Trinajstić information content (AvgIpc) is 2.91. The molecule has 0 radical (unpaired) electrons. The summed E-state index contributed by atoms with van der Waals surface area (Å²) in [6.45, 7) is 7.72. The number of rotatable bonds is 5. The smallest absolute Gasteiger partial charge is 0.305 e. The van der Waals surface area contributed by atoms with E-state index in [0.717, 1.165) is 55.4 Å². The number of aromatic nitrogens is 1. The number of aliphatic hydroxyl groups is 1. The Hall–Kier alpha value is -1.47. The fourth-order valence-corrected chi connectivity index (χ4v) is 3.84. The second-order valence-electron chi connectivity index (χ2n) is 6.02. The molecule has 6 heteroatoms. The van der Waals surface area contributed by atoms with Crippen molar-refractivity contribution in [1.29, 1.82) is 0 Å². The van der Waals surface area contributed by atoms with Crippen LogP contribution in [0.4, 0.5) is 0 Å². The molecule has 0 bridgehead atoms. The van der Waals surface area contributed by atoms with E-state index < -0.39 is 0 Å². The maximum absolute atomic E-state index is 11.8. The quantitative estimate of drug-likeness (QED) is 0.871. The van der Waals surface area contributed by atoms with Crippen molar-refractivity contribution in [3.8, 4) is 11.3 Å². The summed E-state index contributed by atoms with van der Waals surface area (Å²) in [5.41, 5.74) is 3.24. The predicted molar refractivity (Wildman–Crippen MR) is 93.9 cm³/mol. The van der Waals surface area contributed by atoms with Crippen LogP contribution in [0.5, 0.6) is 0 Å². The number of nitrogens with one attached hydrogen (secondary N) is 1. The lowest BCUT2D eigenvalue weighted by atomic mass is 10.1. The molecule has 3 rings (SSSR count). The number of aryl methyl sites for hydroxylation is 1. The second-order valence-corrected chi connectivity index (χ2v) is 7.09. The molecule has 2 N–H and O–H groups in total. The van der Waals surface area contributed by atoms with Crippen molar-refractivity contribution in [2.75, 3.05) is 39.3 Å². The van der Waals surface area contributed by atoms with Crippen molar-refractivity contribution in [3.05, 3.63) is 44.4 Å². The number of benzene rings is 1. The molecule has 1 aliphatic rings. The third-order valence-electron chi connectivity index (χ3n) is 4.31. The standard InChI is InChI=1S/C17H23N3O2S/c1-13-2-4-14(5-3-13)16-15(23-17(22)18-16)12-20-8-6-19(7-9-20)10-11-21/h2-5,21H,6-12H2,1H3,(H,18,22). The molecule has 2 aromatic rings. The van der Waals surface area contributed by atoms with Crippen LogP contribution in [-0.2, 0) is 6.54 Å². The van der Waals surface area contributed by atoms with Crippen molar-refractivity contribution in [2.24, 2.45) is 0 Å².